The Morgan fingerprint density at radius 3 is 2.53 bits per heavy atom. The number of ether oxygens (including phenoxy) is 1. The van der Waals surface area contributed by atoms with Crippen LogP contribution in [0.5, 0.6) is 5.88 Å². The fraction of sp³-hybridized carbons (Fsp3) is 0.0714. The SMILES string of the molecule is Fc1cc(F)c(OC/C=C/c2ccccc2)nc1F. The van der Waals surface area contributed by atoms with Crippen LogP contribution in [0, 0.1) is 17.6 Å². The van der Waals surface area contributed by atoms with E-state index in [0.29, 0.717) is 6.07 Å². The van der Waals surface area contributed by atoms with Gasteiger partial charge in [0.2, 0.25) is 0 Å². The molecule has 2 aromatic rings. The molecule has 1 aromatic heterocycles. The first-order valence-electron chi connectivity index (χ1n) is 5.53. The Hall–Kier alpha value is -2.30. The second kappa shape index (κ2) is 6.04. The van der Waals surface area contributed by atoms with Crippen LogP contribution < -0.4 is 4.74 Å². The summed E-state index contributed by atoms with van der Waals surface area (Å²) in [6, 6.07) is 9.79. The van der Waals surface area contributed by atoms with Crippen molar-refractivity contribution in [2.75, 3.05) is 6.61 Å². The largest absolute Gasteiger partial charge is 0.471 e. The number of benzene rings is 1. The summed E-state index contributed by atoms with van der Waals surface area (Å²) in [6.45, 7) is 0.00386. The van der Waals surface area contributed by atoms with Crippen LogP contribution in [0.25, 0.3) is 6.08 Å². The van der Waals surface area contributed by atoms with Crippen LogP contribution in [0.3, 0.4) is 0 Å². The van der Waals surface area contributed by atoms with Gasteiger partial charge in [0.15, 0.2) is 11.6 Å². The van der Waals surface area contributed by atoms with E-state index >= 15 is 0 Å². The molecule has 0 spiro atoms. The number of rotatable bonds is 4. The number of aromatic nitrogens is 1. The highest BCUT2D eigenvalue weighted by molar-refractivity contribution is 5.48. The molecule has 0 fully saturated rings. The second-order valence-corrected chi connectivity index (χ2v) is 3.67. The van der Waals surface area contributed by atoms with E-state index in [1.165, 1.54) is 0 Å². The van der Waals surface area contributed by atoms with Crippen molar-refractivity contribution in [2.24, 2.45) is 0 Å². The molecule has 0 unspecified atom stereocenters. The highest BCUT2D eigenvalue weighted by Gasteiger charge is 2.11. The highest BCUT2D eigenvalue weighted by Crippen LogP contribution is 2.16. The van der Waals surface area contributed by atoms with Crippen LogP contribution >= 0.6 is 0 Å². The van der Waals surface area contributed by atoms with Gasteiger partial charge in [0.05, 0.1) is 0 Å². The summed E-state index contributed by atoms with van der Waals surface area (Å²) in [5, 5.41) is 0. The van der Waals surface area contributed by atoms with Crippen LogP contribution in [0.15, 0.2) is 42.5 Å². The summed E-state index contributed by atoms with van der Waals surface area (Å²) in [5.74, 6) is -4.32. The van der Waals surface area contributed by atoms with E-state index < -0.39 is 23.5 Å². The molecule has 1 heterocycles. The minimum atomic E-state index is -1.39. The molecule has 0 aliphatic heterocycles. The van der Waals surface area contributed by atoms with Gasteiger partial charge >= 0.3 is 0 Å². The van der Waals surface area contributed by atoms with Gasteiger partial charge in [0.25, 0.3) is 11.8 Å². The first-order valence-corrected chi connectivity index (χ1v) is 5.53. The normalized spacial score (nSPS) is 10.9. The zero-order chi connectivity index (χ0) is 13.7. The van der Waals surface area contributed by atoms with Gasteiger partial charge in [0, 0.05) is 6.07 Å². The molecule has 2 rings (SSSR count). The van der Waals surface area contributed by atoms with E-state index in [0.717, 1.165) is 5.56 Å². The van der Waals surface area contributed by atoms with Crippen LogP contribution in [0.4, 0.5) is 13.2 Å². The monoisotopic (exact) mass is 265 g/mol. The molecule has 5 heteroatoms. The van der Waals surface area contributed by atoms with Gasteiger partial charge in [0.1, 0.15) is 6.61 Å². The van der Waals surface area contributed by atoms with E-state index in [1.54, 1.807) is 12.2 Å². The van der Waals surface area contributed by atoms with E-state index in [2.05, 4.69) is 4.98 Å². The Morgan fingerprint density at radius 2 is 1.79 bits per heavy atom. The van der Waals surface area contributed by atoms with E-state index in [4.69, 9.17) is 4.74 Å². The maximum absolute atomic E-state index is 13.2. The van der Waals surface area contributed by atoms with Crippen LogP contribution in [-0.2, 0) is 0 Å². The van der Waals surface area contributed by atoms with Crippen LogP contribution in [-0.4, -0.2) is 11.6 Å². The van der Waals surface area contributed by atoms with Crippen molar-refractivity contribution in [3.63, 3.8) is 0 Å². The van der Waals surface area contributed by atoms with Gasteiger partial charge < -0.3 is 4.74 Å². The first kappa shape index (κ1) is 13.1. The Balaban J connectivity index is 1.96. The Kier molecular flexibility index (Phi) is 4.18. The molecule has 0 saturated carbocycles. The Bertz CT molecular complexity index is 585. The van der Waals surface area contributed by atoms with Crippen LogP contribution in [0.2, 0.25) is 0 Å². The third-order valence-electron chi connectivity index (χ3n) is 2.28. The van der Waals surface area contributed by atoms with E-state index in [1.807, 2.05) is 30.3 Å². The molecule has 0 bridgehead atoms. The predicted octanol–water partition coefficient (Wildman–Crippen LogP) is 3.59. The van der Waals surface area contributed by atoms with Crippen molar-refractivity contribution in [3.8, 4) is 5.88 Å². The first-order chi connectivity index (χ1) is 9.16. The lowest BCUT2D eigenvalue weighted by Gasteiger charge is -2.03. The molecule has 19 heavy (non-hydrogen) atoms. The maximum Gasteiger partial charge on any atom is 0.253 e. The lowest BCUT2D eigenvalue weighted by molar-refractivity contribution is 0.313. The molecular weight excluding hydrogens is 255 g/mol. The maximum atomic E-state index is 13.2. The fourth-order valence-corrected chi connectivity index (χ4v) is 1.41. The van der Waals surface area contributed by atoms with Crippen molar-refractivity contribution in [1.29, 1.82) is 0 Å². The Labute approximate surface area is 108 Å². The number of pyridine rings is 1. The summed E-state index contributed by atoms with van der Waals surface area (Å²) in [6.07, 6.45) is 3.38. The van der Waals surface area contributed by atoms with Gasteiger partial charge in [-0.15, -0.1) is 0 Å². The van der Waals surface area contributed by atoms with E-state index in [9.17, 15) is 13.2 Å². The summed E-state index contributed by atoms with van der Waals surface area (Å²) >= 11 is 0. The molecule has 0 amide bonds. The average molecular weight is 265 g/mol. The lowest BCUT2D eigenvalue weighted by atomic mass is 10.2. The van der Waals surface area contributed by atoms with Gasteiger partial charge in [-0.1, -0.05) is 36.4 Å². The van der Waals surface area contributed by atoms with Gasteiger partial charge in [-0.3, -0.25) is 0 Å². The van der Waals surface area contributed by atoms with Gasteiger partial charge in [-0.05, 0) is 11.6 Å². The molecular formula is C14H10F3NO. The number of hydrogen-bond donors (Lipinski definition) is 0. The third-order valence-corrected chi connectivity index (χ3v) is 2.28. The molecule has 0 N–H and O–H groups in total. The van der Waals surface area contributed by atoms with Crippen LogP contribution in [0.1, 0.15) is 5.56 Å². The predicted molar refractivity (Wildman–Crippen MR) is 65.1 cm³/mol. The number of hydrogen-bond acceptors (Lipinski definition) is 2. The number of nitrogens with zero attached hydrogens (tertiary/aromatic N) is 1. The van der Waals surface area contributed by atoms with Crippen molar-refractivity contribution < 1.29 is 17.9 Å². The van der Waals surface area contributed by atoms with Gasteiger partial charge in [-0.25, -0.2) is 8.78 Å². The zero-order valence-corrected chi connectivity index (χ0v) is 9.82. The fourth-order valence-electron chi connectivity index (χ4n) is 1.41. The lowest BCUT2D eigenvalue weighted by Crippen LogP contribution is -2.02. The summed E-state index contributed by atoms with van der Waals surface area (Å²) in [4.78, 5) is 3.04. The third kappa shape index (κ3) is 3.58. The summed E-state index contributed by atoms with van der Waals surface area (Å²) < 4.78 is 43.5. The molecule has 0 radical (unpaired) electrons. The molecule has 0 atom stereocenters. The minimum Gasteiger partial charge on any atom is -0.471 e. The zero-order valence-electron chi connectivity index (χ0n) is 9.82. The van der Waals surface area contributed by atoms with Crippen molar-refractivity contribution in [1.82, 2.24) is 4.98 Å². The molecule has 1 aromatic carbocycles. The molecule has 2 nitrogen and oxygen atoms in total. The second-order valence-electron chi connectivity index (χ2n) is 3.67. The summed E-state index contributed by atoms with van der Waals surface area (Å²) in [5.41, 5.74) is 0.949. The van der Waals surface area contributed by atoms with Crippen molar-refractivity contribution >= 4 is 6.08 Å². The molecule has 0 aliphatic carbocycles. The standard InChI is InChI=1S/C14H10F3NO/c15-11-9-12(16)14(18-13(11)17)19-8-4-7-10-5-2-1-3-6-10/h1-7,9H,8H2/b7-4+. The van der Waals surface area contributed by atoms with Crippen molar-refractivity contribution in [3.05, 3.63) is 65.6 Å². The highest BCUT2D eigenvalue weighted by atomic mass is 19.2. The number of halogens is 3. The average Bonchev–Trinajstić information content (AvgIpc) is 2.41. The molecule has 0 saturated heterocycles. The quantitative estimate of drug-likeness (QED) is 0.788. The smallest absolute Gasteiger partial charge is 0.253 e. The van der Waals surface area contributed by atoms with Crippen molar-refractivity contribution in [2.45, 2.75) is 0 Å². The summed E-state index contributed by atoms with van der Waals surface area (Å²) in [7, 11) is 0. The Morgan fingerprint density at radius 1 is 1.05 bits per heavy atom. The minimum absolute atomic E-state index is 0.00386. The topological polar surface area (TPSA) is 22.1 Å². The molecule has 0 aliphatic rings. The van der Waals surface area contributed by atoms with Gasteiger partial charge in [-0.2, -0.15) is 9.37 Å². The molecule has 98 valence electrons. The van der Waals surface area contributed by atoms with E-state index in [-0.39, 0.29) is 6.61 Å².